The van der Waals surface area contributed by atoms with Crippen molar-refractivity contribution < 1.29 is 17.9 Å². The number of hydrogen-bond donors (Lipinski definition) is 0. The third-order valence-electron chi connectivity index (χ3n) is 3.44. The lowest BCUT2D eigenvalue weighted by Gasteiger charge is -2.39. The molecule has 2 aliphatic heterocycles. The van der Waals surface area contributed by atoms with Crippen molar-refractivity contribution in [3.63, 3.8) is 0 Å². The summed E-state index contributed by atoms with van der Waals surface area (Å²) in [5.41, 5.74) is 0. The van der Waals surface area contributed by atoms with Crippen LogP contribution in [0, 0.1) is 0 Å². The van der Waals surface area contributed by atoms with E-state index < -0.39 is 9.84 Å². The van der Waals surface area contributed by atoms with E-state index in [4.69, 9.17) is 9.47 Å². The van der Waals surface area contributed by atoms with E-state index in [-0.39, 0.29) is 5.75 Å². The number of rotatable bonds is 5. The molecule has 0 aromatic carbocycles. The van der Waals surface area contributed by atoms with Gasteiger partial charge in [-0.15, -0.1) is 0 Å². The van der Waals surface area contributed by atoms with Crippen molar-refractivity contribution in [3.8, 4) is 0 Å². The van der Waals surface area contributed by atoms with Crippen LogP contribution in [-0.2, 0) is 19.3 Å². The highest BCUT2D eigenvalue weighted by atomic mass is 32.2. The van der Waals surface area contributed by atoms with Crippen LogP contribution < -0.4 is 0 Å². The SMILES string of the molecule is CCCS(=O)(=O)C=C(N1CCOCC1)N1CCOCC1. The topological polar surface area (TPSA) is 59.1 Å². The van der Waals surface area contributed by atoms with Gasteiger partial charge in [0, 0.05) is 26.2 Å². The second kappa shape index (κ2) is 7.28. The molecule has 0 bridgehead atoms. The highest BCUT2D eigenvalue weighted by Crippen LogP contribution is 2.17. The number of morpholine rings is 2. The molecule has 2 aliphatic rings. The zero-order valence-corrected chi connectivity index (χ0v) is 12.9. The Morgan fingerprint density at radius 3 is 1.85 bits per heavy atom. The molecule has 20 heavy (non-hydrogen) atoms. The minimum Gasteiger partial charge on any atom is -0.378 e. The molecule has 2 saturated heterocycles. The van der Waals surface area contributed by atoms with Gasteiger partial charge in [-0.3, -0.25) is 0 Å². The minimum absolute atomic E-state index is 0.200. The highest BCUT2D eigenvalue weighted by Gasteiger charge is 2.23. The smallest absolute Gasteiger partial charge is 0.175 e. The van der Waals surface area contributed by atoms with Gasteiger partial charge in [0.05, 0.1) is 37.6 Å². The fraction of sp³-hybridized carbons (Fsp3) is 0.846. The van der Waals surface area contributed by atoms with E-state index in [1.165, 1.54) is 5.41 Å². The molecule has 2 heterocycles. The maximum Gasteiger partial charge on any atom is 0.175 e. The molecular weight excluding hydrogens is 280 g/mol. The molecule has 0 aliphatic carbocycles. The van der Waals surface area contributed by atoms with Crippen molar-refractivity contribution in [1.29, 1.82) is 0 Å². The third kappa shape index (κ3) is 4.36. The van der Waals surface area contributed by atoms with Gasteiger partial charge in [-0.05, 0) is 6.42 Å². The summed E-state index contributed by atoms with van der Waals surface area (Å²) in [6, 6.07) is 0. The van der Waals surface area contributed by atoms with E-state index in [1.54, 1.807) is 0 Å². The molecule has 0 aromatic heterocycles. The number of nitrogens with zero attached hydrogens (tertiary/aromatic N) is 2. The lowest BCUT2D eigenvalue weighted by Crippen LogP contribution is -2.46. The third-order valence-corrected chi connectivity index (χ3v) is 4.99. The van der Waals surface area contributed by atoms with Gasteiger partial charge in [-0.1, -0.05) is 6.92 Å². The number of ether oxygens (including phenoxy) is 2. The molecule has 0 spiro atoms. The Bertz CT molecular complexity index is 404. The molecular formula is C13H24N2O4S. The zero-order valence-electron chi connectivity index (χ0n) is 12.1. The van der Waals surface area contributed by atoms with Crippen LogP contribution in [-0.4, -0.2) is 76.6 Å². The van der Waals surface area contributed by atoms with Crippen molar-refractivity contribution in [1.82, 2.24) is 9.80 Å². The van der Waals surface area contributed by atoms with Gasteiger partial charge in [0.1, 0.15) is 5.82 Å². The molecule has 0 N–H and O–H groups in total. The summed E-state index contributed by atoms with van der Waals surface area (Å²) >= 11 is 0. The lowest BCUT2D eigenvalue weighted by molar-refractivity contribution is 0.00890. The molecule has 0 radical (unpaired) electrons. The molecule has 0 saturated carbocycles. The molecule has 0 atom stereocenters. The quantitative estimate of drug-likeness (QED) is 0.727. The van der Waals surface area contributed by atoms with Crippen molar-refractivity contribution in [2.75, 3.05) is 58.4 Å². The molecule has 7 heteroatoms. The summed E-state index contributed by atoms with van der Waals surface area (Å²) in [6.45, 7) is 7.44. The van der Waals surface area contributed by atoms with Gasteiger partial charge >= 0.3 is 0 Å². The second-order valence-electron chi connectivity index (χ2n) is 5.04. The monoisotopic (exact) mass is 304 g/mol. The fourth-order valence-corrected chi connectivity index (χ4v) is 3.74. The summed E-state index contributed by atoms with van der Waals surface area (Å²) in [4.78, 5) is 4.23. The largest absolute Gasteiger partial charge is 0.378 e. The first-order valence-corrected chi connectivity index (χ1v) is 8.94. The van der Waals surface area contributed by atoms with Crippen molar-refractivity contribution in [3.05, 3.63) is 11.2 Å². The van der Waals surface area contributed by atoms with E-state index >= 15 is 0 Å². The molecule has 2 rings (SSSR count). The van der Waals surface area contributed by atoms with Crippen LogP contribution in [0.1, 0.15) is 13.3 Å². The first-order chi connectivity index (χ1) is 9.62. The Hall–Kier alpha value is -0.790. The van der Waals surface area contributed by atoms with Crippen molar-refractivity contribution in [2.24, 2.45) is 0 Å². The maximum atomic E-state index is 12.1. The molecule has 2 fully saturated rings. The summed E-state index contributed by atoms with van der Waals surface area (Å²) < 4.78 is 35.0. The molecule has 0 aromatic rings. The number of hydrogen-bond acceptors (Lipinski definition) is 6. The van der Waals surface area contributed by atoms with Gasteiger partial charge in [-0.2, -0.15) is 0 Å². The molecule has 116 valence electrons. The Kier molecular flexibility index (Phi) is 5.68. The zero-order chi connectivity index (χ0) is 14.4. The van der Waals surface area contributed by atoms with Gasteiger partial charge in [0.25, 0.3) is 0 Å². The maximum absolute atomic E-state index is 12.1. The van der Waals surface area contributed by atoms with E-state index in [2.05, 4.69) is 9.80 Å². The van der Waals surface area contributed by atoms with Crippen LogP contribution in [0.2, 0.25) is 0 Å². The van der Waals surface area contributed by atoms with E-state index in [1.807, 2.05) is 6.92 Å². The standard InChI is InChI=1S/C13H24N2O4S/c1-2-11-20(16,17)12-13(14-3-7-18-8-4-14)15-5-9-19-10-6-15/h12H,2-11H2,1H3. The van der Waals surface area contributed by atoms with Crippen LogP contribution in [0.15, 0.2) is 11.2 Å². The van der Waals surface area contributed by atoms with E-state index in [0.29, 0.717) is 32.8 Å². The van der Waals surface area contributed by atoms with Crippen LogP contribution in [0.4, 0.5) is 0 Å². The van der Waals surface area contributed by atoms with Crippen molar-refractivity contribution in [2.45, 2.75) is 13.3 Å². The van der Waals surface area contributed by atoms with Gasteiger partial charge in [-0.25, -0.2) is 8.42 Å². The predicted octanol–water partition coefficient (Wildman–Crippen LogP) is 0.275. The summed E-state index contributed by atoms with van der Waals surface area (Å²) in [7, 11) is -3.16. The van der Waals surface area contributed by atoms with Gasteiger partial charge in [0.2, 0.25) is 0 Å². The van der Waals surface area contributed by atoms with Gasteiger partial charge in [0.15, 0.2) is 9.84 Å². The Balaban J connectivity index is 2.20. The normalized spacial score (nSPS) is 20.9. The fourth-order valence-electron chi connectivity index (χ4n) is 2.44. The Morgan fingerprint density at radius 1 is 1.00 bits per heavy atom. The highest BCUT2D eigenvalue weighted by molar-refractivity contribution is 7.94. The van der Waals surface area contributed by atoms with Gasteiger partial charge < -0.3 is 19.3 Å². The first-order valence-electron chi connectivity index (χ1n) is 7.22. The van der Waals surface area contributed by atoms with E-state index in [0.717, 1.165) is 32.0 Å². The average molecular weight is 304 g/mol. The average Bonchev–Trinajstić information content (AvgIpc) is 2.47. The Labute approximate surface area is 121 Å². The first kappa shape index (κ1) is 15.6. The molecule has 6 nitrogen and oxygen atoms in total. The van der Waals surface area contributed by atoms with Crippen LogP contribution in [0.5, 0.6) is 0 Å². The predicted molar refractivity (Wildman–Crippen MR) is 76.9 cm³/mol. The van der Waals surface area contributed by atoms with Crippen molar-refractivity contribution >= 4 is 9.84 Å². The summed E-state index contributed by atoms with van der Waals surface area (Å²) in [6.07, 6.45) is 0.637. The minimum atomic E-state index is -3.16. The van der Waals surface area contributed by atoms with Crippen LogP contribution in [0.25, 0.3) is 0 Å². The second-order valence-corrected chi connectivity index (χ2v) is 7.01. The van der Waals surface area contributed by atoms with Crippen LogP contribution in [0.3, 0.4) is 0 Å². The molecule has 0 unspecified atom stereocenters. The lowest BCUT2D eigenvalue weighted by atomic mass is 10.3. The number of sulfone groups is 1. The summed E-state index contributed by atoms with van der Waals surface area (Å²) in [5, 5.41) is 1.45. The Morgan fingerprint density at radius 2 is 1.45 bits per heavy atom. The summed E-state index contributed by atoms with van der Waals surface area (Å²) in [5.74, 6) is 1.01. The van der Waals surface area contributed by atoms with E-state index in [9.17, 15) is 8.42 Å². The van der Waals surface area contributed by atoms with Crippen LogP contribution >= 0.6 is 0 Å². The molecule has 0 amide bonds.